The first-order valence-corrected chi connectivity index (χ1v) is 6.78. The third kappa shape index (κ3) is 3.36. The third-order valence-corrected chi connectivity index (χ3v) is 3.54. The average Bonchev–Trinajstić information content (AvgIpc) is 2.78. The van der Waals surface area contributed by atoms with E-state index in [1.807, 2.05) is 0 Å². The summed E-state index contributed by atoms with van der Waals surface area (Å²) in [6.45, 7) is 0.316. The molecule has 1 N–H and O–H groups in total. The van der Waals surface area contributed by atoms with E-state index >= 15 is 0 Å². The lowest BCUT2D eigenvalue weighted by atomic mass is 10.1. The summed E-state index contributed by atoms with van der Waals surface area (Å²) in [5.74, 6) is -0.960. The van der Waals surface area contributed by atoms with Crippen LogP contribution in [0.15, 0.2) is 42.4 Å². The van der Waals surface area contributed by atoms with Gasteiger partial charge < -0.3 is 10.0 Å². The molecular weight excluding hydrogens is 297 g/mol. The first-order chi connectivity index (χ1) is 10.5. The standard InChI is InChI=1S/C16H14FN3O2.CH4/c1-20-9-13(15(21)16(20)22)14-8-18-12(7-19-14)6-10-2-4-11(17)5-3-10;/h2-5,7-8,21H,6,9H2,1H3;1H4. The van der Waals surface area contributed by atoms with Crippen molar-refractivity contribution in [3.63, 3.8) is 0 Å². The number of rotatable bonds is 3. The molecule has 0 spiro atoms. The summed E-state index contributed by atoms with van der Waals surface area (Å²) in [6.07, 6.45) is 3.68. The van der Waals surface area contributed by atoms with Gasteiger partial charge in [-0.2, -0.15) is 0 Å². The molecule has 120 valence electrons. The van der Waals surface area contributed by atoms with Gasteiger partial charge in [-0.15, -0.1) is 0 Å². The maximum absolute atomic E-state index is 12.9. The van der Waals surface area contributed by atoms with E-state index in [2.05, 4.69) is 9.97 Å². The molecule has 0 fully saturated rings. The maximum atomic E-state index is 12.9. The average molecular weight is 315 g/mol. The van der Waals surface area contributed by atoms with Crippen molar-refractivity contribution < 1.29 is 14.3 Å². The highest BCUT2D eigenvalue weighted by Crippen LogP contribution is 2.23. The molecule has 0 atom stereocenters. The molecule has 6 heteroatoms. The van der Waals surface area contributed by atoms with Gasteiger partial charge in [-0.3, -0.25) is 14.8 Å². The SMILES string of the molecule is C.CN1CC(c2cnc(Cc3ccc(F)cc3)cn2)=C(O)C1=O. The van der Waals surface area contributed by atoms with Crippen molar-refractivity contribution in [1.29, 1.82) is 0 Å². The number of aromatic nitrogens is 2. The number of benzene rings is 1. The summed E-state index contributed by atoms with van der Waals surface area (Å²) in [5.41, 5.74) is 2.63. The number of amides is 1. The van der Waals surface area contributed by atoms with Gasteiger partial charge in [0.25, 0.3) is 5.91 Å². The molecule has 1 aliphatic rings. The number of hydrogen-bond acceptors (Lipinski definition) is 4. The molecule has 1 amide bonds. The van der Waals surface area contributed by atoms with Gasteiger partial charge in [0.05, 0.1) is 24.1 Å². The number of carbonyl (C=O) groups is 1. The lowest BCUT2D eigenvalue weighted by molar-refractivity contribution is -0.126. The van der Waals surface area contributed by atoms with Crippen LogP contribution in [0.5, 0.6) is 0 Å². The van der Waals surface area contributed by atoms with Crippen molar-refractivity contribution in [2.24, 2.45) is 0 Å². The van der Waals surface area contributed by atoms with Crippen LogP contribution >= 0.6 is 0 Å². The van der Waals surface area contributed by atoms with Crippen molar-refractivity contribution >= 4 is 11.5 Å². The largest absolute Gasteiger partial charge is 0.503 e. The van der Waals surface area contributed by atoms with E-state index in [0.717, 1.165) is 11.3 Å². The fourth-order valence-corrected chi connectivity index (χ4v) is 2.31. The Morgan fingerprint density at radius 3 is 2.43 bits per heavy atom. The van der Waals surface area contributed by atoms with E-state index in [9.17, 15) is 14.3 Å². The molecule has 23 heavy (non-hydrogen) atoms. The second-order valence-electron chi connectivity index (χ2n) is 5.18. The molecule has 1 aromatic carbocycles. The molecule has 0 bridgehead atoms. The topological polar surface area (TPSA) is 66.3 Å². The molecule has 0 aliphatic carbocycles. The molecule has 0 saturated carbocycles. The smallest absolute Gasteiger partial charge is 0.289 e. The molecule has 2 heterocycles. The van der Waals surface area contributed by atoms with E-state index in [1.165, 1.54) is 23.2 Å². The molecule has 0 radical (unpaired) electrons. The highest BCUT2D eigenvalue weighted by molar-refractivity contribution is 6.03. The second-order valence-corrected chi connectivity index (χ2v) is 5.18. The molecule has 0 unspecified atom stereocenters. The fraction of sp³-hybridized carbons (Fsp3) is 0.235. The molecule has 2 aromatic rings. The maximum Gasteiger partial charge on any atom is 0.289 e. The lowest BCUT2D eigenvalue weighted by Gasteiger charge is -2.07. The number of halogens is 1. The molecule has 1 aromatic heterocycles. The Morgan fingerprint density at radius 1 is 1.22 bits per heavy atom. The Morgan fingerprint density at radius 2 is 1.91 bits per heavy atom. The van der Waals surface area contributed by atoms with Crippen molar-refractivity contribution in [2.45, 2.75) is 13.8 Å². The first-order valence-electron chi connectivity index (χ1n) is 6.78. The Balaban J connectivity index is 0.00000192. The van der Waals surface area contributed by atoms with Crippen LogP contribution in [0, 0.1) is 5.82 Å². The van der Waals surface area contributed by atoms with Gasteiger partial charge in [-0.25, -0.2) is 4.39 Å². The summed E-state index contributed by atoms with van der Waals surface area (Å²) in [4.78, 5) is 21.5. The van der Waals surface area contributed by atoms with Gasteiger partial charge >= 0.3 is 0 Å². The summed E-state index contributed by atoms with van der Waals surface area (Å²) < 4.78 is 12.9. The lowest BCUT2D eigenvalue weighted by Crippen LogP contribution is -2.21. The molecule has 5 nitrogen and oxygen atoms in total. The van der Waals surface area contributed by atoms with Crippen molar-refractivity contribution in [1.82, 2.24) is 14.9 Å². The third-order valence-electron chi connectivity index (χ3n) is 3.54. The Labute approximate surface area is 134 Å². The molecule has 1 aliphatic heterocycles. The predicted molar refractivity (Wildman–Crippen MR) is 85.2 cm³/mol. The van der Waals surface area contributed by atoms with Crippen LogP contribution < -0.4 is 0 Å². The van der Waals surface area contributed by atoms with Crippen molar-refractivity contribution in [2.75, 3.05) is 13.6 Å². The minimum absolute atomic E-state index is 0. The van der Waals surface area contributed by atoms with Crippen LogP contribution in [0.25, 0.3) is 5.57 Å². The molecule has 0 saturated heterocycles. The van der Waals surface area contributed by atoms with E-state index in [0.29, 0.717) is 24.2 Å². The highest BCUT2D eigenvalue weighted by Gasteiger charge is 2.28. The van der Waals surface area contributed by atoms with Crippen LogP contribution in [0.3, 0.4) is 0 Å². The minimum atomic E-state index is -0.410. The van der Waals surface area contributed by atoms with Gasteiger partial charge in [0, 0.05) is 25.2 Å². The first kappa shape index (κ1) is 16.6. The summed E-state index contributed by atoms with van der Waals surface area (Å²) in [7, 11) is 1.61. The van der Waals surface area contributed by atoms with Gasteiger partial charge in [0.1, 0.15) is 5.82 Å². The zero-order valence-electron chi connectivity index (χ0n) is 12.0. The van der Waals surface area contributed by atoms with Crippen LogP contribution in [0.1, 0.15) is 24.4 Å². The Hall–Kier alpha value is -2.76. The predicted octanol–water partition coefficient (Wildman–Crippen LogP) is 2.58. The van der Waals surface area contributed by atoms with Crippen LogP contribution in [0.4, 0.5) is 4.39 Å². The summed E-state index contributed by atoms with van der Waals surface area (Å²) in [6, 6.07) is 6.20. The van der Waals surface area contributed by atoms with E-state index in [1.54, 1.807) is 25.4 Å². The van der Waals surface area contributed by atoms with Gasteiger partial charge in [-0.05, 0) is 17.7 Å². The van der Waals surface area contributed by atoms with Crippen molar-refractivity contribution in [3.05, 3.63) is 65.2 Å². The summed E-state index contributed by atoms with van der Waals surface area (Å²) in [5, 5.41) is 9.80. The van der Waals surface area contributed by atoms with Gasteiger partial charge in [-0.1, -0.05) is 19.6 Å². The summed E-state index contributed by atoms with van der Waals surface area (Å²) >= 11 is 0. The van der Waals surface area contributed by atoms with Crippen molar-refractivity contribution in [3.8, 4) is 0 Å². The zero-order chi connectivity index (χ0) is 15.7. The fourth-order valence-electron chi connectivity index (χ4n) is 2.31. The van der Waals surface area contributed by atoms with Gasteiger partial charge in [0.15, 0.2) is 5.76 Å². The number of carbonyl (C=O) groups excluding carboxylic acids is 1. The van der Waals surface area contributed by atoms with E-state index in [-0.39, 0.29) is 19.0 Å². The molecule has 3 rings (SSSR count). The van der Waals surface area contributed by atoms with Crippen LogP contribution in [-0.2, 0) is 11.2 Å². The van der Waals surface area contributed by atoms with Gasteiger partial charge in [0.2, 0.25) is 0 Å². The van der Waals surface area contributed by atoms with E-state index < -0.39 is 5.91 Å². The normalized spacial score (nSPS) is 14.2. The second kappa shape index (κ2) is 6.56. The number of aliphatic hydroxyl groups excluding tert-OH is 1. The molecular formula is C17H18FN3O2. The van der Waals surface area contributed by atoms with Crippen LogP contribution in [-0.4, -0.2) is 39.5 Å². The van der Waals surface area contributed by atoms with E-state index in [4.69, 9.17) is 0 Å². The number of nitrogens with zero attached hydrogens (tertiary/aromatic N) is 3. The number of likely N-dealkylation sites (N-methyl/N-ethyl adjacent to an activating group) is 1. The minimum Gasteiger partial charge on any atom is -0.503 e. The van der Waals surface area contributed by atoms with Crippen LogP contribution in [0.2, 0.25) is 0 Å². The zero-order valence-corrected chi connectivity index (χ0v) is 12.0. The number of hydrogen-bond donors (Lipinski definition) is 1. The highest BCUT2D eigenvalue weighted by atomic mass is 19.1. The monoisotopic (exact) mass is 315 g/mol. The quantitative estimate of drug-likeness (QED) is 0.945. The Kier molecular flexibility index (Phi) is 4.74. The Bertz CT molecular complexity index is 739. The number of aliphatic hydroxyl groups is 1.